The standard InChI is InChI=1S/C13H10Cl2N2O3S/c14-9-5-7(12(18)19)1-3-10(9)17-13(20)16-6-8-2-4-11(15)21-8/h1-5H,6H2,(H,18,19)(H2,16,17,20). The highest BCUT2D eigenvalue weighted by Gasteiger charge is 2.09. The van der Waals surface area contributed by atoms with E-state index in [1.165, 1.54) is 29.5 Å². The SMILES string of the molecule is O=C(NCc1ccc(Cl)s1)Nc1ccc(C(=O)O)cc1Cl. The summed E-state index contributed by atoms with van der Waals surface area (Å²) in [4.78, 5) is 23.4. The molecular formula is C13H10Cl2N2O3S. The van der Waals surface area contributed by atoms with Gasteiger partial charge in [0.25, 0.3) is 0 Å². The molecule has 0 atom stereocenters. The number of hydrogen-bond donors (Lipinski definition) is 3. The zero-order valence-electron chi connectivity index (χ0n) is 10.5. The third-order valence-electron chi connectivity index (χ3n) is 2.52. The number of rotatable bonds is 4. The van der Waals surface area contributed by atoms with Crippen LogP contribution >= 0.6 is 34.5 Å². The Morgan fingerprint density at radius 3 is 2.52 bits per heavy atom. The minimum Gasteiger partial charge on any atom is -0.478 e. The molecule has 0 aliphatic carbocycles. The van der Waals surface area contributed by atoms with Gasteiger partial charge in [-0.25, -0.2) is 9.59 Å². The van der Waals surface area contributed by atoms with Crippen molar-refractivity contribution in [2.24, 2.45) is 0 Å². The summed E-state index contributed by atoms with van der Waals surface area (Å²) < 4.78 is 0.652. The first kappa shape index (κ1) is 15.6. The maximum Gasteiger partial charge on any atom is 0.335 e. The molecule has 1 aromatic heterocycles. The Hall–Kier alpha value is -1.76. The van der Waals surface area contributed by atoms with Crippen LogP contribution in [0.3, 0.4) is 0 Å². The number of amides is 2. The van der Waals surface area contributed by atoms with Gasteiger partial charge in [0.1, 0.15) is 0 Å². The van der Waals surface area contributed by atoms with Crippen LogP contribution in [0.1, 0.15) is 15.2 Å². The van der Waals surface area contributed by atoms with Gasteiger partial charge in [0, 0.05) is 4.88 Å². The van der Waals surface area contributed by atoms with E-state index in [4.69, 9.17) is 28.3 Å². The fourth-order valence-corrected chi connectivity index (χ4v) is 2.79. The average Bonchev–Trinajstić information content (AvgIpc) is 2.84. The van der Waals surface area contributed by atoms with Gasteiger partial charge < -0.3 is 15.7 Å². The van der Waals surface area contributed by atoms with Crippen LogP contribution in [0.2, 0.25) is 9.36 Å². The van der Waals surface area contributed by atoms with Crippen molar-refractivity contribution in [3.63, 3.8) is 0 Å². The zero-order valence-corrected chi connectivity index (χ0v) is 12.9. The lowest BCUT2D eigenvalue weighted by molar-refractivity contribution is 0.0697. The van der Waals surface area contributed by atoms with Crippen LogP contribution in [0.25, 0.3) is 0 Å². The van der Waals surface area contributed by atoms with E-state index < -0.39 is 12.0 Å². The predicted molar refractivity (Wildman–Crippen MR) is 83.6 cm³/mol. The third kappa shape index (κ3) is 4.35. The summed E-state index contributed by atoms with van der Waals surface area (Å²) in [6.07, 6.45) is 0. The Morgan fingerprint density at radius 1 is 1.19 bits per heavy atom. The maximum atomic E-state index is 11.7. The Labute approximate surface area is 134 Å². The van der Waals surface area contributed by atoms with Crippen molar-refractivity contribution in [1.29, 1.82) is 0 Å². The molecule has 0 saturated heterocycles. The van der Waals surface area contributed by atoms with Crippen molar-refractivity contribution in [3.05, 3.63) is 50.1 Å². The number of carboxylic acid groups (broad SMARTS) is 1. The van der Waals surface area contributed by atoms with Crippen LogP contribution in [0.15, 0.2) is 30.3 Å². The number of urea groups is 1. The number of hydrogen-bond acceptors (Lipinski definition) is 3. The van der Waals surface area contributed by atoms with E-state index in [9.17, 15) is 9.59 Å². The quantitative estimate of drug-likeness (QED) is 0.781. The Kier molecular flexibility index (Phi) is 5.06. The first-order valence-electron chi connectivity index (χ1n) is 5.77. The van der Waals surface area contributed by atoms with Crippen LogP contribution < -0.4 is 10.6 Å². The van der Waals surface area contributed by atoms with Crippen molar-refractivity contribution in [2.45, 2.75) is 6.54 Å². The number of carbonyl (C=O) groups is 2. The van der Waals surface area contributed by atoms with E-state index in [1.807, 2.05) is 6.07 Å². The minimum atomic E-state index is -1.08. The molecule has 0 fully saturated rings. The molecule has 8 heteroatoms. The molecule has 0 aliphatic heterocycles. The van der Waals surface area contributed by atoms with Gasteiger partial charge >= 0.3 is 12.0 Å². The molecule has 2 rings (SSSR count). The highest BCUT2D eigenvalue weighted by Crippen LogP contribution is 2.23. The lowest BCUT2D eigenvalue weighted by atomic mass is 10.2. The van der Waals surface area contributed by atoms with Crippen molar-refractivity contribution >= 4 is 52.2 Å². The van der Waals surface area contributed by atoms with Gasteiger partial charge in [-0.05, 0) is 30.3 Å². The second-order valence-electron chi connectivity index (χ2n) is 4.01. The molecule has 0 bridgehead atoms. The number of nitrogens with one attached hydrogen (secondary N) is 2. The second-order valence-corrected chi connectivity index (χ2v) is 6.22. The van der Waals surface area contributed by atoms with Crippen molar-refractivity contribution in [3.8, 4) is 0 Å². The molecule has 0 unspecified atom stereocenters. The summed E-state index contributed by atoms with van der Waals surface area (Å²) in [5, 5.41) is 14.2. The number of carbonyl (C=O) groups excluding carboxylic acids is 1. The molecule has 21 heavy (non-hydrogen) atoms. The largest absolute Gasteiger partial charge is 0.478 e. The smallest absolute Gasteiger partial charge is 0.335 e. The lowest BCUT2D eigenvalue weighted by Crippen LogP contribution is -2.28. The van der Waals surface area contributed by atoms with Gasteiger partial charge in [-0.15, -0.1) is 11.3 Å². The molecule has 1 aromatic carbocycles. The number of anilines is 1. The van der Waals surface area contributed by atoms with Gasteiger partial charge in [-0.2, -0.15) is 0 Å². The van der Waals surface area contributed by atoms with Crippen LogP contribution in [0.5, 0.6) is 0 Å². The lowest BCUT2D eigenvalue weighted by Gasteiger charge is -2.09. The molecule has 2 amide bonds. The van der Waals surface area contributed by atoms with E-state index in [1.54, 1.807) is 6.07 Å². The highest BCUT2D eigenvalue weighted by molar-refractivity contribution is 7.16. The normalized spacial score (nSPS) is 10.2. The van der Waals surface area contributed by atoms with Crippen LogP contribution in [0.4, 0.5) is 10.5 Å². The summed E-state index contributed by atoms with van der Waals surface area (Å²) in [5.74, 6) is -1.08. The minimum absolute atomic E-state index is 0.0548. The molecule has 110 valence electrons. The predicted octanol–water partition coefficient (Wildman–Crippen LogP) is 4.07. The van der Waals surface area contributed by atoms with E-state index in [-0.39, 0.29) is 10.6 Å². The fourth-order valence-electron chi connectivity index (χ4n) is 1.53. The summed E-state index contributed by atoms with van der Waals surface area (Å²) in [6.45, 7) is 0.341. The van der Waals surface area contributed by atoms with E-state index >= 15 is 0 Å². The van der Waals surface area contributed by atoms with Crippen LogP contribution in [-0.4, -0.2) is 17.1 Å². The Bertz CT molecular complexity index is 688. The Balaban J connectivity index is 1.94. The first-order valence-corrected chi connectivity index (χ1v) is 7.35. The number of benzene rings is 1. The molecule has 0 saturated carbocycles. The van der Waals surface area contributed by atoms with Gasteiger partial charge in [-0.3, -0.25) is 0 Å². The zero-order chi connectivity index (χ0) is 15.4. The number of thiophene rings is 1. The summed E-state index contributed by atoms with van der Waals surface area (Å²) in [7, 11) is 0. The molecule has 2 aromatic rings. The van der Waals surface area contributed by atoms with Crippen LogP contribution in [0, 0.1) is 0 Å². The molecule has 5 nitrogen and oxygen atoms in total. The third-order valence-corrected chi connectivity index (χ3v) is 4.06. The van der Waals surface area contributed by atoms with Gasteiger partial charge in [0.05, 0.1) is 27.2 Å². The summed E-state index contributed by atoms with van der Waals surface area (Å²) >= 11 is 13.1. The molecule has 0 radical (unpaired) electrons. The highest BCUT2D eigenvalue weighted by atomic mass is 35.5. The Morgan fingerprint density at radius 2 is 1.95 bits per heavy atom. The molecule has 0 spiro atoms. The van der Waals surface area contributed by atoms with Gasteiger partial charge in [-0.1, -0.05) is 23.2 Å². The molecular weight excluding hydrogens is 335 g/mol. The van der Waals surface area contributed by atoms with Crippen molar-refractivity contribution in [1.82, 2.24) is 5.32 Å². The first-order chi connectivity index (χ1) is 9.95. The summed E-state index contributed by atoms with van der Waals surface area (Å²) in [6, 6.07) is 7.21. The number of carboxylic acids is 1. The van der Waals surface area contributed by atoms with E-state index in [0.717, 1.165) is 4.88 Å². The monoisotopic (exact) mass is 344 g/mol. The molecule has 1 heterocycles. The number of halogens is 2. The fraction of sp³-hybridized carbons (Fsp3) is 0.0769. The summed E-state index contributed by atoms with van der Waals surface area (Å²) in [5.41, 5.74) is 0.391. The van der Waals surface area contributed by atoms with Crippen LogP contribution in [-0.2, 0) is 6.54 Å². The maximum absolute atomic E-state index is 11.7. The van der Waals surface area contributed by atoms with Gasteiger partial charge in [0.2, 0.25) is 0 Å². The van der Waals surface area contributed by atoms with Gasteiger partial charge in [0.15, 0.2) is 0 Å². The van der Waals surface area contributed by atoms with Crippen molar-refractivity contribution < 1.29 is 14.7 Å². The topological polar surface area (TPSA) is 78.4 Å². The van der Waals surface area contributed by atoms with E-state index in [0.29, 0.717) is 16.6 Å². The average molecular weight is 345 g/mol. The van der Waals surface area contributed by atoms with Crippen molar-refractivity contribution in [2.75, 3.05) is 5.32 Å². The number of aromatic carboxylic acids is 1. The molecule has 0 aliphatic rings. The second kappa shape index (κ2) is 6.80. The molecule has 3 N–H and O–H groups in total. The van der Waals surface area contributed by atoms with E-state index in [2.05, 4.69) is 10.6 Å².